The Hall–Kier alpha value is -0.340. The highest BCUT2D eigenvalue weighted by atomic mass is 32.1. The lowest BCUT2D eigenvalue weighted by Crippen LogP contribution is -2.38. The van der Waals surface area contributed by atoms with Crippen molar-refractivity contribution in [3.63, 3.8) is 0 Å². The van der Waals surface area contributed by atoms with E-state index in [0.717, 1.165) is 18.3 Å². The Kier molecular flexibility index (Phi) is 4.85. The second kappa shape index (κ2) is 6.21. The summed E-state index contributed by atoms with van der Waals surface area (Å²) in [6.45, 7) is 6.95. The van der Waals surface area contributed by atoms with E-state index in [9.17, 15) is 0 Å². The third kappa shape index (κ3) is 3.36. The van der Waals surface area contributed by atoms with Crippen molar-refractivity contribution in [2.24, 2.45) is 23.5 Å². The zero-order chi connectivity index (χ0) is 13.1. The SMILES string of the molecule is CCc1ccc(CC2CC(C(C)C)CCC2N)s1. The first-order valence-electron chi connectivity index (χ1n) is 7.43. The molecule has 0 aromatic carbocycles. The summed E-state index contributed by atoms with van der Waals surface area (Å²) in [4.78, 5) is 3.05. The fraction of sp³-hybridized carbons (Fsp3) is 0.750. The summed E-state index contributed by atoms with van der Waals surface area (Å²) in [5, 5.41) is 0. The molecule has 0 aliphatic heterocycles. The van der Waals surface area contributed by atoms with Crippen LogP contribution in [0.25, 0.3) is 0 Å². The van der Waals surface area contributed by atoms with Gasteiger partial charge in [0.1, 0.15) is 0 Å². The number of aryl methyl sites for hydroxylation is 1. The van der Waals surface area contributed by atoms with Gasteiger partial charge in [0, 0.05) is 15.8 Å². The summed E-state index contributed by atoms with van der Waals surface area (Å²) >= 11 is 1.98. The first kappa shape index (κ1) is 14.1. The van der Waals surface area contributed by atoms with Crippen LogP contribution in [0.3, 0.4) is 0 Å². The second-order valence-electron chi connectivity index (χ2n) is 6.17. The van der Waals surface area contributed by atoms with Gasteiger partial charge in [-0.15, -0.1) is 11.3 Å². The van der Waals surface area contributed by atoms with E-state index in [1.807, 2.05) is 11.3 Å². The van der Waals surface area contributed by atoms with E-state index in [2.05, 4.69) is 32.9 Å². The molecule has 0 saturated heterocycles. The molecule has 1 heterocycles. The molecular weight excluding hydrogens is 238 g/mol. The van der Waals surface area contributed by atoms with Crippen LogP contribution in [-0.4, -0.2) is 6.04 Å². The first-order valence-corrected chi connectivity index (χ1v) is 8.25. The third-order valence-corrected chi connectivity index (χ3v) is 5.81. The van der Waals surface area contributed by atoms with Gasteiger partial charge in [0.15, 0.2) is 0 Å². The van der Waals surface area contributed by atoms with E-state index in [0.29, 0.717) is 12.0 Å². The molecule has 0 bridgehead atoms. The van der Waals surface area contributed by atoms with Gasteiger partial charge in [-0.05, 0) is 62.0 Å². The zero-order valence-corrected chi connectivity index (χ0v) is 12.8. The maximum Gasteiger partial charge on any atom is 0.00708 e. The number of rotatable bonds is 4. The van der Waals surface area contributed by atoms with Gasteiger partial charge in [0.05, 0.1) is 0 Å². The van der Waals surface area contributed by atoms with Crippen LogP contribution >= 0.6 is 11.3 Å². The van der Waals surface area contributed by atoms with Crippen molar-refractivity contribution >= 4 is 11.3 Å². The molecule has 1 nitrogen and oxygen atoms in total. The molecule has 18 heavy (non-hydrogen) atoms. The molecule has 1 aromatic rings. The zero-order valence-electron chi connectivity index (χ0n) is 12.0. The van der Waals surface area contributed by atoms with Crippen LogP contribution in [-0.2, 0) is 12.8 Å². The minimum Gasteiger partial charge on any atom is -0.327 e. The second-order valence-corrected chi connectivity index (χ2v) is 7.42. The highest BCUT2D eigenvalue weighted by molar-refractivity contribution is 7.11. The average Bonchev–Trinajstić information content (AvgIpc) is 2.79. The van der Waals surface area contributed by atoms with E-state index >= 15 is 0 Å². The van der Waals surface area contributed by atoms with E-state index < -0.39 is 0 Å². The Morgan fingerprint density at radius 3 is 2.61 bits per heavy atom. The maximum absolute atomic E-state index is 6.33. The van der Waals surface area contributed by atoms with Crippen molar-refractivity contribution in [2.75, 3.05) is 0 Å². The standard InChI is InChI=1S/C16H27NS/c1-4-14-6-7-15(18-14)10-13-9-12(11(2)3)5-8-16(13)17/h6-7,11-13,16H,4-5,8-10,17H2,1-3H3. The largest absolute Gasteiger partial charge is 0.327 e. The fourth-order valence-electron chi connectivity index (χ4n) is 3.14. The minimum absolute atomic E-state index is 0.423. The van der Waals surface area contributed by atoms with E-state index in [1.54, 1.807) is 0 Å². The van der Waals surface area contributed by atoms with Gasteiger partial charge < -0.3 is 5.73 Å². The van der Waals surface area contributed by atoms with Crippen molar-refractivity contribution in [1.29, 1.82) is 0 Å². The van der Waals surface area contributed by atoms with Crippen LogP contribution in [0.4, 0.5) is 0 Å². The summed E-state index contributed by atoms with van der Waals surface area (Å²) in [6, 6.07) is 5.02. The van der Waals surface area contributed by atoms with Gasteiger partial charge in [0.25, 0.3) is 0 Å². The lowest BCUT2D eigenvalue weighted by molar-refractivity contribution is 0.190. The van der Waals surface area contributed by atoms with E-state index in [-0.39, 0.29) is 0 Å². The lowest BCUT2D eigenvalue weighted by atomic mass is 9.72. The third-order valence-electron chi connectivity index (χ3n) is 4.55. The molecule has 1 aliphatic carbocycles. The normalized spacial score (nSPS) is 28.8. The van der Waals surface area contributed by atoms with Crippen molar-refractivity contribution in [3.8, 4) is 0 Å². The molecule has 2 heteroatoms. The van der Waals surface area contributed by atoms with E-state index in [1.165, 1.54) is 35.4 Å². The predicted molar refractivity (Wildman–Crippen MR) is 81.0 cm³/mol. The molecule has 2 rings (SSSR count). The monoisotopic (exact) mass is 265 g/mol. The van der Waals surface area contributed by atoms with Gasteiger partial charge in [-0.2, -0.15) is 0 Å². The Morgan fingerprint density at radius 1 is 1.28 bits per heavy atom. The summed E-state index contributed by atoms with van der Waals surface area (Å²) in [7, 11) is 0. The molecular formula is C16H27NS. The molecule has 1 aliphatic rings. The Labute approximate surface area is 116 Å². The van der Waals surface area contributed by atoms with E-state index in [4.69, 9.17) is 5.73 Å². The topological polar surface area (TPSA) is 26.0 Å². The molecule has 0 radical (unpaired) electrons. The smallest absolute Gasteiger partial charge is 0.00708 e. The Morgan fingerprint density at radius 2 is 2.00 bits per heavy atom. The van der Waals surface area contributed by atoms with Crippen LogP contribution in [0, 0.1) is 17.8 Å². The quantitative estimate of drug-likeness (QED) is 0.865. The summed E-state index contributed by atoms with van der Waals surface area (Å²) in [5.41, 5.74) is 6.33. The molecule has 0 spiro atoms. The van der Waals surface area contributed by atoms with Gasteiger partial charge >= 0.3 is 0 Å². The summed E-state index contributed by atoms with van der Waals surface area (Å²) in [6.07, 6.45) is 6.25. The van der Waals surface area contributed by atoms with Crippen molar-refractivity contribution < 1.29 is 0 Å². The fourth-order valence-corrected chi connectivity index (χ4v) is 4.20. The Balaban J connectivity index is 1.97. The Bertz CT molecular complexity index is 369. The number of thiophene rings is 1. The lowest BCUT2D eigenvalue weighted by Gasteiger charge is -2.36. The van der Waals surface area contributed by atoms with Gasteiger partial charge in [0.2, 0.25) is 0 Å². The van der Waals surface area contributed by atoms with Crippen LogP contribution in [0.1, 0.15) is 49.8 Å². The molecule has 1 aromatic heterocycles. The average molecular weight is 265 g/mol. The van der Waals surface area contributed by atoms with Crippen LogP contribution in [0.15, 0.2) is 12.1 Å². The van der Waals surface area contributed by atoms with Crippen LogP contribution in [0.5, 0.6) is 0 Å². The summed E-state index contributed by atoms with van der Waals surface area (Å²) in [5.74, 6) is 2.41. The highest BCUT2D eigenvalue weighted by Gasteiger charge is 2.29. The number of nitrogens with two attached hydrogens (primary N) is 1. The number of hydrogen-bond acceptors (Lipinski definition) is 2. The van der Waals surface area contributed by atoms with Crippen molar-refractivity contribution in [2.45, 2.75) is 58.9 Å². The number of hydrogen-bond donors (Lipinski definition) is 1. The maximum atomic E-state index is 6.33. The summed E-state index contributed by atoms with van der Waals surface area (Å²) < 4.78 is 0. The molecule has 102 valence electrons. The highest BCUT2D eigenvalue weighted by Crippen LogP contribution is 2.35. The molecule has 1 saturated carbocycles. The molecule has 0 amide bonds. The molecule has 3 atom stereocenters. The molecule has 3 unspecified atom stereocenters. The predicted octanol–water partition coefficient (Wildman–Crippen LogP) is 4.25. The van der Waals surface area contributed by atoms with Crippen LogP contribution < -0.4 is 5.73 Å². The van der Waals surface area contributed by atoms with Gasteiger partial charge in [-0.1, -0.05) is 20.8 Å². The van der Waals surface area contributed by atoms with Gasteiger partial charge in [-0.3, -0.25) is 0 Å². The minimum atomic E-state index is 0.423. The van der Waals surface area contributed by atoms with Gasteiger partial charge in [-0.25, -0.2) is 0 Å². The molecule has 1 fully saturated rings. The van der Waals surface area contributed by atoms with Crippen molar-refractivity contribution in [3.05, 3.63) is 21.9 Å². The van der Waals surface area contributed by atoms with Crippen molar-refractivity contribution in [1.82, 2.24) is 0 Å². The molecule has 2 N–H and O–H groups in total. The first-order chi connectivity index (χ1) is 8.60. The van der Waals surface area contributed by atoms with Crippen LogP contribution in [0.2, 0.25) is 0 Å².